The first-order valence-electron chi connectivity index (χ1n) is 45.1. The summed E-state index contributed by atoms with van der Waals surface area (Å²) < 4.78 is 0. The smallest absolute Gasteiger partial charge is 0.243 e. The number of primary amides is 1. The van der Waals surface area contributed by atoms with E-state index in [1.807, 2.05) is 65.8 Å². The van der Waals surface area contributed by atoms with Gasteiger partial charge in [-0.05, 0) is 202 Å². The molecule has 2 aromatic carbocycles. The lowest BCUT2D eigenvalue weighted by Crippen LogP contribution is -2.61. The summed E-state index contributed by atoms with van der Waals surface area (Å²) in [6.45, 7) is 23.3. The number of carbonyl (C=O) groups excluding carboxylic acids is 15. The van der Waals surface area contributed by atoms with Crippen molar-refractivity contribution >= 4 is 99.5 Å². The van der Waals surface area contributed by atoms with E-state index in [0.717, 1.165) is 10.9 Å². The summed E-state index contributed by atoms with van der Waals surface area (Å²) in [6.07, 6.45) is 7.42. The Bertz CT molecular complexity index is 3920. The van der Waals surface area contributed by atoms with E-state index in [4.69, 9.17) is 40.1 Å². The maximum atomic E-state index is 15.0. The minimum atomic E-state index is -1.39. The minimum Gasteiger partial charge on any atom is -0.368 e. The summed E-state index contributed by atoms with van der Waals surface area (Å²) in [7, 11) is 0. The Morgan fingerprint density at radius 2 is 0.683 bits per heavy atom. The van der Waals surface area contributed by atoms with Gasteiger partial charge in [-0.15, -0.1) is 0 Å². The number of hydrogen-bond acceptors (Lipinski definition) is 21. The Morgan fingerprint density at radius 3 is 1.10 bits per heavy atom. The third-order valence-corrected chi connectivity index (χ3v) is 21.8. The van der Waals surface area contributed by atoms with Crippen LogP contribution >= 0.6 is 0 Å². The van der Waals surface area contributed by atoms with Gasteiger partial charge in [0.2, 0.25) is 88.6 Å². The zero-order valence-electron chi connectivity index (χ0n) is 76.6. The Morgan fingerprint density at radius 1 is 0.341 bits per heavy atom. The van der Waals surface area contributed by atoms with Gasteiger partial charge < -0.3 is 120 Å². The number of nitrogens with one attached hydrogen (secondary N) is 15. The topological polar surface area (TPSA) is 622 Å². The quantitative estimate of drug-likeness (QED) is 0.0339. The molecule has 29 N–H and O–H groups in total. The van der Waals surface area contributed by atoms with Crippen LogP contribution in [0.3, 0.4) is 0 Å². The molecule has 1 heterocycles. The molecule has 37 heteroatoms. The fraction of sp³-hybridized carbons (Fsp3) is 0.674. The second-order valence-electron chi connectivity index (χ2n) is 35.0. The summed E-state index contributed by atoms with van der Waals surface area (Å²) in [5, 5.41) is 39.3. The van der Waals surface area contributed by atoms with Gasteiger partial charge in [-0.2, -0.15) is 0 Å². The van der Waals surface area contributed by atoms with Crippen LogP contribution in [0.5, 0.6) is 0 Å². The minimum absolute atomic E-state index is 0.00507. The van der Waals surface area contributed by atoms with Crippen LogP contribution in [0.4, 0.5) is 0 Å². The maximum absolute atomic E-state index is 15.0. The van der Waals surface area contributed by atoms with Gasteiger partial charge in [-0.25, -0.2) is 0 Å². The SMILES string of the molecule is CC[C@H](C)[C@@H](NC(=O)[C@@H](CCCCN)NC(=O)[C@@H](CCCCN)NC(=O)[C@@H](Cc1ccccc1)NC(=O)[C@@H](CC(C)C)NC(=O)[C@@H](CCCCN)NC(=O)[C@@H](Cc1c[nH]c2ccccc12)NC(=O)[C@H](N)CCCCN)C(=O)NCC(=O)N[C@H](C)C(=O)N[C@@H](C(=O)N[C@H](CC(C)C)C(=O)N[C@H](CCCCN)C(=O)N[C@@H](C(=O)N[C@H](CC(C)C)C(N)=O)C(C)C)C(C)C. The predicted molar refractivity (Wildman–Crippen MR) is 485 cm³/mol. The number of hydrogen-bond donors (Lipinski definition) is 22. The third kappa shape index (κ3) is 40.2. The van der Waals surface area contributed by atoms with Crippen molar-refractivity contribution in [2.75, 3.05) is 39.3 Å². The molecule has 0 unspecified atom stereocenters. The molecule has 0 radical (unpaired) electrons. The Balaban J connectivity index is 1.87. The molecule has 0 aliphatic rings. The van der Waals surface area contributed by atoms with Crippen molar-refractivity contribution in [1.82, 2.24) is 79.4 Å². The average molecular weight is 1770 g/mol. The number of rotatable bonds is 63. The number of para-hydroxylation sites is 1. The van der Waals surface area contributed by atoms with E-state index in [-0.39, 0.29) is 95.2 Å². The highest BCUT2D eigenvalue weighted by molar-refractivity contribution is 6.01. The molecule has 0 spiro atoms. The lowest BCUT2D eigenvalue weighted by Gasteiger charge is -2.29. The summed E-state index contributed by atoms with van der Waals surface area (Å²) >= 11 is 0. The molecule has 15 atom stereocenters. The van der Waals surface area contributed by atoms with Crippen molar-refractivity contribution in [2.24, 2.45) is 75.6 Å². The van der Waals surface area contributed by atoms with Crippen molar-refractivity contribution in [2.45, 2.75) is 309 Å². The number of amides is 15. The van der Waals surface area contributed by atoms with E-state index >= 15 is 4.79 Å². The fourth-order valence-corrected chi connectivity index (χ4v) is 14.2. The first-order valence-corrected chi connectivity index (χ1v) is 45.1. The van der Waals surface area contributed by atoms with Gasteiger partial charge in [-0.3, -0.25) is 71.9 Å². The molecule has 0 saturated carbocycles. The first-order chi connectivity index (χ1) is 59.7. The number of fused-ring (bicyclic) bond motifs is 1. The predicted octanol–water partition coefficient (Wildman–Crippen LogP) is 0.346. The normalized spacial score (nSPS) is 15.1. The zero-order valence-corrected chi connectivity index (χ0v) is 76.6. The molecule has 0 saturated heterocycles. The monoisotopic (exact) mass is 1770 g/mol. The Hall–Kier alpha value is -10.2. The van der Waals surface area contributed by atoms with E-state index < -0.39 is 197 Å². The number of benzene rings is 2. The van der Waals surface area contributed by atoms with Crippen LogP contribution in [0, 0.1) is 35.5 Å². The van der Waals surface area contributed by atoms with E-state index in [0.29, 0.717) is 101 Å². The summed E-state index contributed by atoms with van der Waals surface area (Å²) in [4.78, 5) is 216. The summed E-state index contributed by atoms with van der Waals surface area (Å²) in [6, 6.07) is -1.01. The highest BCUT2D eigenvalue weighted by atomic mass is 16.2. The van der Waals surface area contributed by atoms with Gasteiger partial charge in [0.05, 0.1) is 12.6 Å². The Kier molecular flexibility index (Phi) is 51.4. The summed E-state index contributed by atoms with van der Waals surface area (Å²) in [5.41, 5.74) is 43.3. The molecular weight excluding hydrogens is 1620 g/mol. The van der Waals surface area contributed by atoms with Crippen molar-refractivity contribution in [3.8, 4) is 0 Å². The van der Waals surface area contributed by atoms with Gasteiger partial charge in [-0.1, -0.05) is 144 Å². The maximum Gasteiger partial charge on any atom is 0.243 e. The molecule has 15 amide bonds. The molecule has 708 valence electrons. The molecule has 0 aliphatic carbocycles. The van der Waals surface area contributed by atoms with Crippen molar-refractivity contribution < 1.29 is 71.9 Å². The molecule has 126 heavy (non-hydrogen) atoms. The van der Waals surface area contributed by atoms with Gasteiger partial charge in [0.1, 0.15) is 78.5 Å². The van der Waals surface area contributed by atoms with Crippen LogP contribution < -0.4 is 115 Å². The number of aromatic nitrogens is 1. The molecule has 0 fully saturated rings. The highest BCUT2D eigenvalue weighted by Gasteiger charge is 2.39. The Labute approximate surface area is 743 Å². The molecule has 37 nitrogen and oxygen atoms in total. The van der Waals surface area contributed by atoms with Crippen molar-refractivity contribution in [1.29, 1.82) is 0 Å². The van der Waals surface area contributed by atoms with Crippen LogP contribution in [-0.4, -0.2) is 217 Å². The van der Waals surface area contributed by atoms with E-state index in [1.54, 1.807) is 78.1 Å². The van der Waals surface area contributed by atoms with E-state index in [2.05, 4.69) is 79.4 Å². The largest absolute Gasteiger partial charge is 0.368 e. The third-order valence-electron chi connectivity index (χ3n) is 21.8. The standard InChI is InChI=1S/C89H152N22O15/c1-14-56(12)75(87(124)98-50-72(112)99-57(13)77(114)109-73(54(8)9)89(126)108-69(46-53(6)7)83(120)103-65(37-23-28-42-93)81(118)110-74(55(10)11)88(125)104-67(76(96)113)44-51(2)3)111-82(119)66(38-24-29-43-94)100-79(116)63(35-21-26-40-91)101-85(122)70(47-58-30-16-15-17-31-58)107-84(121)68(45-52(4)5)106-80(117)64(36-22-27-41-92)102-86(123)71(105-78(115)61(95)33-20-25-39-90)48-59-49-97-62-34-19-18-32-60(59)62/h15-19,30-32,34,49,51-57,61,63-71,73-75,97H,14,20-29,33,35-48,50,90-95H2,1-13H3,(H2,96,113)(H,98,124)(H,99,112)(H,100,116)(H,101,122)(H,102,123)(H,103,120)(H,104,125)(H,105,115)(H,106,117)(H,107,121)(H,108,126)(H,109,114)(H,110,118)(H,111,119)/t56-,57+,61+,63+,64+,65+,66+,67+,68+,69+,70+,71+,73+,74+,75+/m0/s1. The van der Waals surface area contributed by atoms with Crippen LogP contribution in [0.15, 0.2) is 60.8 Å². The lowest BCUT2D eigenvalue weighted by atomic mass is 9.97. The van der Waals surface area contributed by atoms with Crippen molar-refractivity contribution in [3.05, 3.63) is 71.9 Å². The van der Waals surface area contributed by atoms with Crippen LogP contribution in [-0.2, 0) is 84.8 Å². The van der Waals surface area contributed by atoms with E-state index in [9.17, 15) is 67.1 Å². The zero-order chi connectivity index (χ0) is 94.3. The molecule has 3 rings (SSSR count). The van der Waals surface area contributed by atoms with Gasteiger partial charge in [0.15, 0.2) is 0 Å². The molecule has 0 bridgehead atoms. The summed E-state index contributed by atoms with van der Waals surface area (Å²) in [5.74, 6) is -13.2. The molecule has 0 aliphatic heterocycles. The first kappa shape index (κ1) is 110. The van der Waals surface area contributed by atoms with Gasteiger partial charge >= 0.3 is 0 Å². The lowest BCUT2D eigenvalue weighted by molar-refractivity contribution is -0.136. The van der Waals surface area contributed by atoms with Crippen molar-refractivity contribution in [3.63, 3.8) is 0 Å². The fourth-order valence-electron chi connectivity index (χ4n) is 14.2. The second-order valence-corrected chi connectivity index (χ2v) is 35.0. The van der Waals surface area contributed by atoms with Gasteiger partial charge in [0, 0.05) is 29.9 Å². The molecular formula is C89H152N22O15. The second kappa shape index (κ2) is 58.9. The number of aromatic amines is 1. The number of H-pyrrole nitrogens is 1. The van der Waals surface area contributed by atoms with Crippen LogP contribution in [0.2, 0.25) is 0 Å². The van der Waals surface area contributed by atoms with E-state index in [1.165, 1.54) is 6.92 Å². The highest BCUT2D eigenvalue weighted by Crippen LogP contribution is 2.22. The average Bonchev–Trinajstić information content (AvgIpc) is 1.76. The number of carbonyl (C=O) groups is 15. The van der Waals surface area contributed by atoms with Crippen LogP contribution in [0.25, 0.3) is 10.9 Å². The molecule has 3 aromatic rings. The number of nitrogens with two attached hydrogens (primary N) is 7. The number of unbranched alkanes of at least 4 members (excludes halogenated alkanes) is 5. The van der Waals surface area contributed by atoms with Gasteiger partial charge in [0.25, 0.3) is 0 Å². The molecule has 1 aromatic heterocycles. The van der Waals surface area contributed by atoms with Crippen LogP contribution in [0.1, 0.15) is 223 Å².